The van der Waals surface area contributed by atoms with Crippen LogP contribution in [0, 0.1) is 0 Å². The Kier molecular flexibility index (Phi) is 3.92. The van der Waals surface area contributed by atoms with Crippen LogP contribution in [-0.2, 0) is 17.8 Å². The topological polar surface area (TPSA) is 42.0 Å². The molecule has 0 aliphatic carbocycles. The third-order valence-corrected chi connectivity index (χ3v) is 3.42. The third kappa shape index (κ3) is 3.26. The van der Waals surface area contributed by atoms with E-state index in [2.05, 4.69) is 28.5 Å². The van der Waals surface area contributed by atoms with Gasteiger partial charge in [-0.15, -0.1) is 0 Å². The number of nitrogens with one attached hydrogen (secondary N) is 1. The van der Waals surface area contributed by atoms with Crippen molar-refractivity contribution >= 4 is 16.7 Å². The Hall–Kier alpha value is -2.68. The van der Waals surface area contributed by atoms with Crippen LogP contribution in [0.5, 0.6) is 0 Å². The summed E-state index contributed by atoms with van der Waals surface area (Å²) in [5.74, 6) is 0.0111. The van der Waals surface area contributed by atoms with Crippen molar-refractivity contribution < 1.29 is 4.79 Å². The van der Waals surface area contributed by atoms with Gasteiger partial charge in [0.1, 0.15) is 0 Å². The minimum absolute atomic E-state index is 0.0111. The number of pyridine rings is 1. The molecule has 3 nitrogen and oxygen atoms in total. The van der Waals surface area contributed by atoms with Crippen molar-refractivity contribution in [1.29, 1.82) is 0 Å². The van der Waals surface area contributed by atoms with Crippen LogP contribution in [0.2, 0.25) is 0 Å². The highest BCUT2D eigenvalue weighted by molar-refractivity contribution is 5.90. The second kappa shape index (κ2) is 6.18. The van der Waals surface area contributed by atoms with E-state index < -0.39 is 0 Å². The second-order valence-corrected chi connectivity index (χ2v) is 4.91. The first kappa shape index (κ1) is 13.3. The first-order valence-electron chi connectivity index (χ1n) is 6.96. The molecule has 0 fully saturated rings. The number of aromatic nitrogens is 1. The van der Waals surface area contributed by atoms with Crippen molar-refractivity contribution in [2.75, 3.05) is 0 Å². The van der Waals surface area contributed by atoms with E-state index in [1.165, 1.54) is 0 Å². The van der Waals surface area contributed by atoms with E-state index in [1.54, 1.807) is 6.20 Å². The lowest BCUT2D eigenvalue weighted by Crippen LogP contribution is -2.25. The first-order valence-corrected chi connectivity index (χ1v) is 6.96. The summed E-state index contributed by atoms with van der Waals surface area (Å²) in [6, 6.07) is 19.8. The molecule has 0 saturated carbocycles. The largest absolute Gasteiger partial charge is 0.350 e. The van der Waals surface area contributed by atoms with Crippen molar-refractivity contribution in [1.82, 2.24) is 10.3 Å². The molecule has 0 saturated heterocycles. The van der Waals surface area contributed by atoms with Crippen LogP contribution in [0.3, 0.4) is 0 Å². The monoisotopic (exact) mass is 276 g/mol. The lowest BCUT2D eigenvalue weighted by Gasteiger charge is -2.07. The molecule has 3 aromatic rings. The molecule has 0 radical (unpaired) electrons. The minimum atomic E-state index is 0.0111. The Labute approximate surface area is 123 Å². The van der Waals surface area contributed by atoms with Gasteiger partial charge in [0.05, 0.1) is 18.7 Å². The van der Waals surface area contributed by atoms with Gasteiger partial charge >= 0.3 is 0 Å². The Morgan fingerprint density at radius 1 is 0.952 bits per heavy atom. The summed E-state index contributed by atoms with van der Waals surface area (Å²) >= 11 is 0. The van der Waals surface area contributed by atoms with E-state index in [1.807, 2.05) is 42.5 Å². The van der Waals surface area contributed by atoms with Crippen molar-refractivity contribution in [3.05, 3.63) is 78.1 Å². The Balaban J connectivity index is 1.69. The molecule has 1 N–H and O–H groups in total. The fraction of sp³-hybridized carbons (Fsp3) is 0.111. The van der Waals surface area contributed by atoms with Gasteiger partial charge in [0.15, 0.2) is 0 Å². The summed E-state index contributed by atoms with van der Waals surface area (Å²) in [6.07, 6.45) is 2.11. The molecule has 1 heterocycles. The van der Waals surface area contributed by atoms with Gasteiger partial charge in [0, 0.05) is 6.20 Å². The van der Waals surface area contributed by atoms with Gasteiger partial charge in [-0.05, 0) is 28.5 Å². The molecule has 0 aliphatic heterocycles. The average molecular weight is 276 g/mol. The number of amides is 1. The summed E-state index contributed by atoms with van der Waals surface area (Å²) in [5.41, 5.74) is 1.91. The van der Waals surface area contributed by atoms with Gasteiger partial charge in [-0.25, -0.2) is 0 Å². The van der Waals surface area contributed by atoms with Gasteiger partial charge in [-0.1, -0.05) is 48.5 Å². The fourth-order valence-electron chi connectivity index (χ4n) is 2.37. The number of carbonyl (C=O) groups is 1. The summed E-state index contributed by atoms with van der Waals surface area (Å²) < 4.78 is 0. The smallest absolute Gasteiger partial charge is 0.224 e. The minimum Gasteiger partial charge on any atom is -0.350 e. The van der Waals surface area contributed by atoms with Crippen molar-refractivity contribution in [3.8, 4) is 0 Å². The summed E-state index contributed by atoms with van der Waals surface area (Å²) in [7, 11) is 0. The SMILES string of the molecule is O=C(Cc1cccc2ccccc12)NCc1ccccn1. The summed E-state index contributed by atoms with van der Waals surface area (Å²) in [6.45, 7) is 0.463. The van der Waals surface area contributed by atoms with Crippen molar-refractivity contribution in [2.45, 2.75) is 13.0 Å². The third-order valence-electron chi connectivity index (χ3n) is 3.42. The number of hydrogen-bond acceptors (Lipinski definition) is 2. The molecule has 21 heavy (non-hydrogen) atoms. The number of carbonyl (C=O) groups excluding carboxylic acids is 1. The standard InChI is InChI=1S/C18H16N2O/c21-18(20-13-16-9-3-4-11-19-16)12-15-8-5-7-14-6-1-2-10-17(14)15/h1-11H,12-13H2,(H,20,21). The predicted octanol–water partition coefficient (Wildman–Crippen LogP) is 3.09. The zero-order valence-electron chi connectivity index (χ0n) is 11.6. The Morgan fingerprint density at radius 2 is 1.76 bits per heavy atom. The van der Waals surface area contributed by atoms with Gasteiger partial charge < -0.3 is 5.32 Å². The number of nitrogens with zero attached hydrogens (tertiary/aromatic N) is 1. The molecular formula is C18H16N2O. The highest BCUT2D eigenvalue weighted by atomic mass is 16.1. The molecule has 1 aromatic heterocycles. The van der Waals surface area contributed by atoms with E-state index in [0.717, 1.165) is 22.0 Å². The highest BCUT2D eigenvalue weighted by Gasteiger charge is 2.06. The summed E-state index contributed by atoms with van der Waals surface area (Å²) in [4.78, 5) is 16.3. The normalized spacial score (nSPS) is 10.5. The van der Waals surface area contributed by atoms with Crippen molar-refractivity contribution in [2.24, 2.45) is 0 Å². The van der Waals surface area contributed by atoms with E-state index >= 15 is 0 Å². The zero-order chi connectivity index (χ0) is 14.5. The maximum Gasteiger partial charge on any atom is 0.224 e. The Morgan fingerprint density at radius 3 is 2.62 bits per heavy atom. The molecule has 3 heteroatoms. The molecule has 0 bridgehead atoms. The van der Waals surface area contributed by atoms with Crippen LogP contribution in [0.15, 0.2) is 66.9 Å². The van der Waals surface area contributed by atoms with Gasteiger partial charge in [-0.3, -0.25) is 9.78 Å². The van der Waals surface area contributed by atoms with Gasteiger partial charge in [0.25, 0.3) is 0 Å². The van der Waals surface area contributed by atoms with E-state index in [4.69, 9.17) is 0 Å². The molecular weight excluding hydrogens is 260 g/mol. The van der Waals surface area contributed by atoms with E-state index in [9.17, 15) is 4.79 Å². The molecule has 2 aromatic carbocycles. The molecule has 0 aliphatic rings. The van der Waals surface area contributed by atoms with E-state index in [-0.39, 0.29) is 5.91 Å². The highest BCUT2D eigenvalue weighted by Crippen LogP contribution is 2.18. The number of rotatable bonds is 4. The second-order valence-electron chi connectivity index (χ2n) is 4.91. The van der Waals surface area contributed by atoms with Crippen LogP contribution < -0.4 is 5.32 Å². The lowest BCUT2D eigenvalue weighted by molar-refractivity contribution is -0.120. The van der Waals surface area contributed by atoms with Crippen molar-refractivity contribution in [3.63, 3.8) is 0 Å². The van der Waals surface area contributed by atoms with Crippen LogP contribution in [0.25, 0.3) is 10.8 Å². The van der Waals surface area contributed by atoms with Crippen LogP contribution in [0.1, 0.15) is 11.3 Å². The number of fused-ring (bicyclic) bond motifs is 1. The average Bonchev–Trinajstić information content (AvgIpc) is 2.54. The maximum absolute atomic E-state index is 12.1. The number of hydrogen-bond donors (Lipinski definition) is 1. The van der Waals surface area contributed by atoms with Gasteiger partial charge in [-0.2, -0.15) is 0 Å². The quantitative estimate of drug-likeness (QED) is 0.795. The zero-order valence-corrected chi connectivity index (χ0v) is 11.6. The van der Waals surface area contributed by atoms with Crippen LogP contribution >= 0.6 is 0 Å². The molecule has 0 atom stereocenters. The Bertz CT molecular complexity index is 748. The molecule has 1 amide bonds. The van der Waals surface area contributed by atoms with E-state index in [0.29, 0.717) is 13.0 Å². The number of benzene rings is 2. The van der Waals surface area contributed by atoms with Gasteiger partial charge in [0.2, 0.25) is 5.91 Å². The van der Waals surface area contributed by atoms with Crippen LogP contribution in [0.4, 0.5) is 0 Å². The lowest BCUT2D eigenvalue weighted by atomic mass is 10.0. The predicted molar refractivity (Wildman–Crippen MR) is 83.7 cm³/mol. The fourth-order valence-corrected chi connectivity index (χ4v) is 2.37. The molecule has 0 spiro atoms. The molecule has 3 rings (SSSR count). The summed E-state index contributed by atoms with van der Waals surface area (Å²) in [5, 5.41) is 5.20. The molecule has 104 valence electrons. The molecule has 0 unspecified atom stereocenters. The van der Waals surface area contributed by atoms with Crippen LogP contribution in [-0.4, -0.2) is 10.9 Å². The first-order chi connectivity index (χ1) is 10.3. The maximum atomic E-state index is 12.1.